The number of aryl methyl sites for hydroxylation is 1. The Hall–Kier alpha value is -2.29. The van der Waals surface area contributed by atoms with Gasteiger partial charge in [0.25, 0.3) is 0 Å². The topological polar surface area (TPSA) is 52.3 Å². The van der Waals surface area contributed by atoms with Crippen LogP contribution in [0.5, 0.6) is 0 Å². The fourth-order valence-corrected chi connectivity index (χ4v) is 1.54. The molecule has 0 aliphatic rings. The van der Waals surface area contributed by atoms with Gasteiger partial charge in [-0.15, -0.1) is 0 Å². The van der Waals surface area contributed by atoms with Crippen LogP contribution in [0.3, 0.4) is 0 Å². The highest BCUT2D eigenvalue weighted by molar-refractivity contribution is 5.89. The summed E-state index contributed by atoms with van der Waals surface area (Å²) in [4.78, 5) is 11.7. The van der Waals surface area contributed by atoms with Gasteiger partial charge >= 0.3 is 5.97 Å². The smallest absolute Gasteiger partial charge is 0.338 e. The van der Waals surface area contributed by atoms with Gasteiger partial charge in [-0.25, -0.2) is 4.79 Å². The first-order valence-corrected chi connectivity index (χ1v) is 5.73. The van der Waals surface area contributed by atoms with E-state index in [1.165, 1.54) is 5.56 Å². The van der Waals surface area contributed by atoms with Crippen LogP contribution >= 0.6 is 0 Å². The number of nitrogens with two attached hydrogens (primary N) is 1. The fourth-order valence-electron chi connectivity index (χ4n) is 1.54. The van der Waals surface area contributed by atoms with Crippen molar-refractivity contribution in [1.82, 2.24) is 0 Å². The molecule has 2 rings (SSSR count). The molecule has 0 fully saturated rings. The maximum absolute atomic E-state index is 11.7. The summed E-state index contributed by atoms with van der Waals surface area (Å²) >= 11 is 0. The Kier molecular flexibility index (Phi) is 3.63. The zero-order valence-corrected chi connectivity index (χ0v) is 10.2. The number of nitrogen functional groups attached to an aromatic ring is 1. The third-order valence-corrected chi connectivity index (χ3v) is 2.64. The van der Waals surface area contributed by atoms with Crippen molar-refractivity contribution in [1.29, 1.82) is 0 Å². The van der Waals surface area contributed by atoms with Crippen LogP contribution in [0.1, 0.15) is 21.5 Å². The van der Waals surface area contributed by atoms with E-state index in [9.17, 15) is 4.79 Å². The molecule has 0 unspecified atom stereocenters. The van der Waals surface area contributed by atoms with Gasteiger partial charge in [0.2, 0.25) is 0 Å². The number of esters is 1. The Balaban J connectivity index is 1.96. The molecule has 92 valence electrons. The zero-order valence-electron chi connectivity index (χ0n) is 10.2. The summed E-state index contributed by atoms with van der Waals surface area (Å²) in [7, 11) is 0. The largest absolute Gasteiger partial charge is 0.457 e. The number of hydrogen-bond acceptors (Lipinski definition) is 3. The lowest BCUT2D eigenvalue weighted by Gasteiger charge is -2.05. The molecule has 0 saturated heterocycles. The molecule has 0 aromatic heterocycles. The molecule has 0 heterocycles. The first-order valence-electron chi connectivity index (χ1n) is 5.73. The summed E-state index contributed by atoms with van der Waals surface area (Å²) in [5, 5.41) is 0. The van der Waals surface area contributed by atoms with Gasteiger partial charge in [0.05, 0.1) is 5.56 Å². The molecule has 0 spiro atoms. The number of rotatable bonds is 3. The second-order valence-electron chi connectivity index (χ2n) is 4.18. The lowest BCUT2D eigenvalue weighted by molar-refractivity contribution is 0.0473. The second kappa shape index (κ2) is 5.36. The van der Waals surface area contributed by atoms with Crippen LogP contribution in [0.15, 0.2) is 48.5 Å². The maximum atomic E-state index is 11.7. The third-order valence-electron chi connectivity index (χ3n) is 2.64. The van der Waals surface area contributed by atoms with E-state index >= 15 is 0 Å². The van der Waals surface area contributed by atoms with Crippen LogP contribution in [-0.4, -0.2) is 5.97 Å². The SMILES string of the molecule is Cc1ccc(COC(=O)c2ccc(N)cc2)cc1. The maximum Gasteiger partial charge on any atom is 0.338 e. The molecule has 3 nitrogen and oxygen atoms in total. The van der Waals surface area contributed by atoms with E-state index in [1.54, 1.807) is 24.3 Å². The number of carbonyl (C=O) groups excluding carboxylic acids is 1. The summed E-state index contributed by atoms with van der Waals surface area (Å²) in [6.45, 7) is 2.30. The summed E-state index contributed by atoms with van der Waals surface area (Å²) in [5.41, 5.74) is 8.85. The van der Waals surface area contributed by atoms with Crippen molar-refractivity contribution in [3.05, 3.63) is 65.2 Å². The molecule has 18 heavy (non-hydrogen) atoms. The molecule has 0 saturated carbocycles. The number of hydrogen-bond donors (Lipinski definition) is 1. The Morgan fingerprint density at radius 1 is 1.06 bits per heavy atom. The minimum atomic E-state index is -0.337. The van der Waals surface area contributed by atoms with E-state index in [0.29, 0.717) is 11.3 Å². The number of ether oxygens (including phenoxy) is 1. The third kappa shape index (κ3) is 3.10. The predicted molar refractivity (Wildman–Crippen MR) is 71.2 cm³/mol. The van der Waals surface area contributed by atoms with E-state index in [2.05, 4.69) is 0 Å². The molecule has 0 aliphatic heterocycles. The van der Waals surface area contributed by atoms with Crippen molar-refractivity contribution in [3.8, 4) is 0 Å². The lowest BCUT2D eigenvalue weighted by Crippen LogP contribution is -2.05. The standard InChI is InChI=1S/C15H15NO2/c1-11-2-4-12(5-3-11)10-18-15(17)13-6-8-14(16)9-7-13/h2-9H,10,16H2,1H3. The van der Waals surface area contributed by atoms with Crippen LogP contribution in [0.2, 0.25) is 0 Å². The Bertz CT molecular complexity index is 529. The minimum Gasteiger partial charge on any atom is -0.457 e. The summed E-state index contributed by atoms with van der Waals surface area (Å²) in [6.07, 6.45) is 0. The molecular formula is C15H15NO2. The average molecular weight is 241 g/mol. The number of anilines is 1. The normalized spacial score (nSPS) is 10.1. The van der Waals surface area contributed by atoms with Crippen molar-refractivity contribution in [2.45, 2.75) is 13.5 Å². The first-order chi connectivity index (χ1) is 8.65. The van der Waals surface area contributed by atoms with Crippen molar-refractivity contribution >= 4 is 11.7 Å². The molecule has 0 atom stereocenters. The molecule has 0 radical (unpaired) electrons. The molecule has 2 N–H and O–H groups in total. The van der Waals surface area contributed by atoms with E-state index < -0.39 is 0 Å². The van der Waals surface area contributed by atoms with Gasteiger partial charge in [-0.2, -0.15) is 0 Å². The van der Waals surface area contributed by atoms with Crippen molar-refractivity contribution in [2.75, 3.05) is 5.73 Å². The highest BCUT2D eigenvalue weighted by Crippen LogP contribution is 2.09. The Morgan fingerprint density at radius 3 is 2.28 bits per heavy atom. The summed E-state index contributed by atoms with van der Waals surface area (Å²) in [6, 6.07) is 14.6. The van der Waals surface area contributed by atoms with E-state index in [4.69, 9.17) is 10.5 Å². The van der Waals surface area contributed by atoms with Crippen molar-refractivity contribution in [3.63, 3.8) is 0 Å². The van der Waals surface area contributed by atoms with Crippen LogP contribution in [0, 0.1) is 6.92 Å². The van der Waals surface area contributed by atoms with Gasteiger partial charge in [0, 0.05) is 5.69 Å². The first kappa shape index (κ1) is 12.2. The Labute approximate surface area is 106 Å². The summed E-state index contributed by atoms with van der Waals surface area (Å²) in [5.74, 6) is -0.337. The predicted octanol–water partition coefficient (Wildman–Crippen LogP) is 2.93. The molecular weight excluding hydrogens is 226 g/mol. The van der Waals surface area contributed by atoms with Gasteiger partial charge in [0.15, 0.2) is 0 Å². The lowest BCUT2D eigenvalue weighted by atomic mass is 10.2. The number of carbonyl (C=O) groups is 1. The second-order valence-corrected chi connectivity index (χ2v) is 4.18. The molecule has 0 bridgehead atoms. The van der Waals surface area contributed by atoms with Gasteiger partial charge in [-0.3, -0.25) is 0 Å². The average Bonchev–Trinajstić information content (AvgIpc) is 2.38. The van der Waals surface area contributed by atoms with Crippen LogP contribution in [0.4, 0.5) is 5.69 Å². The fraction of sp³-hybridized carbons (Fsp3) is 0.133. The molecule has 0 amide bonds. The number of benzene rings is 2. The molecule has 3 heteroatoms. The van der Waals surface area contributed by atoms with Crippen LogP contribution in [0.25, 0.3) is 0 Å². The Morgan fingerprint density at radius 2 is 1.67 bits per heavy atom. The quantitative estimate of drug-likeness (QED) is 0.664. The van der Waals surface area contributed by atoms with E-state index in [0.717, 1.165) is 5.56 Å². The van der Waals surface area contributed by atoms with Gasteiger partial charge in [0.1, 0.15) is 6.61 Å². The molecule has 2 aromatic carbocycles. The highest BCUT2D eigenvalue weighted by Gasteiger charge is 2.06. The monoisotopic (exact) mass is 241 g/mol. The van der Waals surface area contributed by atoms with Gasteiger partial charge < -0.3 is 10.5 Å². The molecule has 2 aromatic rings. The van der Waals surface area contributed by atoms with E-state index in [-0.39, 0.29) is 12.6 Å². The van der Waals surface area contributed by atoms with Crippen molar-refractivity contribution < 1.29 is 9.53 Å². The van der Waals surface area contributed by atoms with Crippen LogP contribution in [-0.2, 0) is 11.3 Å². The zero-order chi connectivity index (χ0) is 13.0. The summed E-state index contributed by atoms with van der Waals surface area (Å²) < 4.78 is 5.21. The highest BCUT2D eigenvalue weighted by atomic mass is 16.5. The van der Waals surface area contributed by atoms with Crippen LogP contribution < -0.4 is 5.73 Å². The van der Waals surface area contributed by atoms with Gasteiger partial charge in [-0.1, -0.05) is 29.8 Å². The van der Waals surface area contributed by atoms with Crippen molar-refractivity contribution in [2.24, 2.45) is 0 Å². The minimum absolute atomic E-state index is 0.281. The van der Waals surface area contributed by atoms with Gasteiger partial charge in [-0.05, 0) is 36.8 Å². The van der Waals surface area contributed by atoms with E-state index in [1.807, 2.05) is 31.2 Å². The molecule has 0 aliphatic carbocycles.